The van der Waals surface area contributed by atoms with Gasteiger partial charge in [0, 0.05) is 6.54 Å². The molecule has 0 spiro atoms. The van der Waals surface area contributed by atoms with Gasteiger partial charge in [0.1, 0.15) is 6.54 Å². The molecule has 0 bridgehead atoms. The van der Waals surface area contributed by atoms with Crippen molar-refractivity contribution in [1.29, 1.82) is 0 Å². The van der Waals surface area contributed by atoms with E-state index in [2.05, 4.69) is 0 Å². The molecule has 6 heteroatoms. The third-order valence-electron chi connectivity index (χ3n) is 1.86. The zero-order chi connectivity index (χ0) is 11.4. The van der Waals surface area contributed by atoms with Gasteiger partial charge in [-0.05, 0) is 5.92 Å². The molecule has 0 aliphatic carbocycles. The van der Waals surface area contributed by atoms with E-state index in [0.717, 1.165) is 0 Å². The van der Waals surface area contributed by atoms with E-state index in [1.807, 2.05) is 5.32 Å². The fraction of sp³-hybridized carbons (Fsp3) is 0.875. The number of carbonyl (C=O) groups excluding carboxylic acids is 1. The van der Waals surface area contributed by atoms with Crippen LogP contribution < -0.4 is 11.1 Å². The third-order valence-corrected chi connectivity index (χ3v) is 1.86. The van der Waals surface area contributed by atoms with Gasteiger partial charge in [-0.15, -0.1) is 0 Å². The van der Waals surface area contributed by atoms with Gasteiger partial charge in [0.2, 0.25) is 5.91 Å². The molecule has 0 aliphatic rings. The molecule has 0 fully saturated rings. The van der Waals surface area contributed by atoms with Gasteiger partial charge in [-0.2, -0.15) is 13.2 Å². The van der Waals surface area contributed by atoms with E-state index in [4.69, 9.17) is 5.73 Å². The predicted molar refractivity (Wildman–Crippen MR) is 46.4 cm³/mol. The molecule has 0 radical (unpaired) electrons. The van der Waals surface area contributed by atoms with Gasteiger partial charge in [0.15, 0.2) is 0 Å². The lowest BCUT2D eigenvalue weighted by molar-refractivity contribution is -0.141. The highest BCUT2D eigenvalue weighted by molar-refractivity contribution is 5.79. The molecule has 0 heterocycles. The lowest BCUT2D eigenvalue weighted by Gasteiger charge is -2.18. The minimum Gasteiger partial charge on any atom is -0.347 e. The van der Waals surface area contributed by atoms with Crippen molar-refractivity contribution in [2.24, 2.45) is 17.6 Å². The van der Waals surface area contributed by atoms with Crippen LogP contribution in [0.4, 0.5) is 13.2 Å². The van der Waals surface area contributed by atoms with E-state index in [9.17, 15) is 18.0 Å². The van der Waals surface area contributed by atoms with E-state index in [1.165, 1.54) is 0 Å². The first-order valence-electron chi connectivity index (χ1n) is 4.32. The van der Waals surface area contributed by atoms with Crippen molar-refractivity contribution in [2.45, 2.75) is 20.0 Å². The quantitative estimate of drug-likeness (QED) is 0.727. The Balaban J connectivity index is 4.06. The second-order valence-electron chi connectivity index (χ2n) is 3.42. The molecule has 0 aromatic rings. The topological polar surface area (TPSA) is 55.1 Å². The van der Waals surface area contributed by atoms with E-state index in [0.29, 0.717) is 0 Å². The van der Waals surface area contributed by atoms with E-state index in [1.54, 1.807) is 13.8 Å². The van der Waals surface area contributed by atoms with Gasteiger partial charge >= 0.3 is 6.18 Å². The Morgan fingerprint density at radius 2 is 1.93 bits per heavy atom. The number of rotatable bonds is 4. The summed E-state index contributed by atoms with van der Waals surface area (Å²) in [6, 6.07) is 0. The minimum atomic E-state index is -4.37. The van der Waals surface area contributed by atoms with Crippen LogP contribution >= 0.6 is 0 Å². The Hall–Kier alpha value is -0.780. The Labute approximate surface area is 80.8 Å². The summed E-state index contributed by atoms with van der Waals surface area (Å²) in [7, 11) is 0. The van der Waals surface area contributed by atoms with Gasteiger partial charge in [0.05, 0.1) is 5.92 Å². The van der Waals surface area contributed by atoms with Crippen LogP contribution in [-0.4, -0.2) is 25.2 Å². The summed E-state index contributed by atoms with van der Waals surface area (Å²) in [4.78, 5) is 11.2. The SMILES string of the molecule is CC(C)C(CN)C(=O)NCC(F)(F)F. The molecule has 0 aromatic carbocycles. The minimum absolute atomic E-state index is 0.0569. The summed E-state index contributed by atoms with van der Waals surface area (Å²) in [5.74, 6) is -1.26. The Morgan fingerprint density at radius 3 is 2.21 bits per heavy atom. The van der Waals surface area contributed by atoms with E-state index >= 15 is 0 Å². The van der Waals surface area contributed by atoms with Crippen LogP contribution in [0.15, 0.2) is 0 Å². The number of halogens is 3. The average molecular weight is 212 g/mol. The van der Waals surface area contributed by atoms with Crippen molar-refractivity contribution in [3.63, 3.8) is 0 Å². The summed E-state index contributed by atoms with van der Waals surface area (Å²) < 4.78 is 35.2. The maximum atomic E-state index is 11.7. The van der Waals surface area contributed by atoms with Crippen molar-refractivity contribution in [1.82, 2.24) is 5.32 Å². The maximum absolute atomic E-state index is 11.7. The van der Waals surface area contributed by atoms with E-state index in [-0.39, 0.29) is 12.5 Å². The summed E-state index contributed by atoms with van der Waals surface area (Å²) >= 11 is 0. The third kappa shape index (κ3) is 5.06. The van der Waals surface area contributed by atoms with Crippen LogP contribution in [0.3, 0.4) is 0 Å². The molecule has 1 atom stereocenters. The molecular weight excluding hydrogens is 197 g/mol. The molecule has 0 saturated heterocycles. The molecule has 0 saturated carbocycles. The van der Waals surface area contributed by atoms with Gasteiger partial charge in [-0.25, -0.2) is 0 Å². The van der Waals surface area contributed by atoms with Crippen molar-refractivity contribution >= 4 is 5.91 Å². The smallest absolute Gasteiger partial charge is 0.347 e. The molecule has 1 unspecified atom stereocenters. The summed E-state index contributed by atoms with van der Waals surface area (Å²) in [5, 5.41) is 1.81. The van der Waals surface area contributed by atoms with Crippen molar-refractivity contribution in [2.75, 3.05) is 13.1 Å². The zero-order valence-electron chi connectivity index (χ0n) is 8.19. The summed E-state index contributed by atoms with van der Waals surface area (Å²) in [6.45, 7) is 2.24. The molecule has 3 nitrogen and oxygen atoms in total. The van der Waals surface area contributed by atoms with Crippen molar-refractivity contribution in [3.05, 3.63) is 0 Å². The monoisotopic (exact) mass is 212 g/mol. The standard InChI is InChI=1S/C8H15F3N2O/c1-5(2)6(3-12)7(14)13-4-8(9,10)11/h5-6H,3-4,12H2,1-2H3,(H,13,14). The number of carbonyl (C=O) groups is 1. The highest BCUT2D eigenvalue weighted by Crippen LogP contribution is 2.14. The molecule has 0 aromatic heterocycles. The van der Waals surface area contributed by atoms with Crippen LogP contribution in [0.25, 0.3) is 0 Å². The molecule has 84 valence electrons. The maximum Gasteiger partial charge on any atom is 0.405 e. The molecule has 0 rings (SSSR count). The first kappa shape index (κ1) is 13.2. The van der Waals surface area contributed by atoms with Crippen LogP contribution in [0.1, 0.15) is 13.8 Å². The number of amides is 1. The van der Waals surface area contributed by atoms with Gasteiger partial charge < -0.3 is 11.1 Å². The Morgan fingerprint density at radius 1 is 1.43 bits per heavy atom. The molecule has 0 aliphatic heterocycles. The first-order chi connectivity index (χ1) is 6.28. The molecule has 1 amide bonds. The fourth-order valence-corrected chi connectivity index (χ4v) is 1.00. The van der Waals surface area contributed by atoms with Crippen LogP contribution in [0, 0.1) is 11.8 Å². The molecular formula is C8H15F3N2O. The van der Waals surface area contributed by atoms with Crippen LogP contribution in [0.5, 0.6) is 0 Å². The van der Waals surface area contributed by atoms with Crippen LogP contribution in [-0.2, 0) is 4.79 Å². The lowest BCUT2D eigenvalue weighted by atomic mass is 9.95. The van der Waals surface area contributed by atoms with E-state index < -0.39 is 24.5 Å². The Kier molecular flexibility index (Phi) is 4.90. The van der Waals surface area contributed by atoms with Crippen molar-refractivity contribution in [3.8, 4) is 0 Å². The van der Waals surface area contributed by atoms with Gasteiger partial charge in [-0.1, -0.05) is 13.8 Å². The normalized spacial score (nSPS) is 14.2. The fourth-order valence-electron chi connectivity index (χ4n) is 1.00. The van der Waals surface area contributed by atoms with Gasteiger partial charge in [0.25, 0.3) is 0 Å². The number of nitrogens with two attached hydrogens (primary N) is 1. The average Bonchev–Trinajstić information content (AvgIpc) is 2.00. The number of hydrogen-bond acceptors (Lipinski definition) is 2. The van der Waals surface area contributed by atoms with Crippen LogP contribution in [0.2, 0.25) is 0 Å². The lowest BCUT2D eigenvalue weighted by Crippen LogP contribution is -2.42. The second kappa shape index (κ2) is 5.19. The molecule has 3 N–H and O–H groups in total. The zero-order valence-corrected chi connectivity index (χ0v) is 8.19. The van der Waals surface area contributed by atoms with Gasteiger partial charge in [-0.3, -0.25) is 4.79 Å². The second-order valence-corrected chi connectivity index (χ2v) is 3.42. The first-order valence-corrected chi connectivity index (χ1v) is 4.32. The van der Waals surface area contributed by atoms with Crippen molar-refractivity contribution < 1.29 is 18.0 Å². The highest BCUT2D eigenvalue weighted by atomic mass is 19.4. The highest BCUT2D eigenvalue weighted by Gasteiger charge is 2.29. The number of hydrogen-bond donors (Lipinski definition) is 2. The summed E-state index contributed by atoms with van der Waals surface area (Å²) in [6.07, 6.45) is -4.37. The number of alkyl halides is 3. The Bertz CT molecular complexity index is 192. The molecule has 14 heavy (non-hydrogen) atoms. The number of nitrogens with one attached hydrogen (secondary N) is 1. The predicted octanol–water partition coefficient (Wildman–Crippen LogP) is 0.896. The summed E-state index contributed by atoms with van der Waals surface area (Å²) in [5.41, 5.74) is 5.27. The largest absolute Gasteiger partial charge is 0.405 e.